The lowest BCUT2D eigenvalue weighted by molar-refractivity contribution is 0.583. The molecule has 5 aromatic carbocycles. The first-order valence-corrected chi connectivity index (χ1v) is 12.4. The van der Waals surface area contributed by atoms with E-state index in [0.717, 1.165) is 58.7 Å². The molecule has 0 N–H and O–H groups in total. The summed E-state index contributed by atoms with van der Waals surface area (Å²) in [4.78, 5) is 13.1. The van der Waals surface area contributed by atoms with Crippen LogP contribution >= 0.6 is 0 Å². The predicted octanol–water partition coefficient (Wildman–Crippen LogP) is 8.76. The van der Waals surface area contributed by atoms with E-state index < -0.39 is 23.3 Å². The van der Waals surface area contributed by atoms with Crippen LogP contribution in [0.25, 0.3) is 56.4 Å². The second kappa shape index (κ2) is 10.5. The highest BCUT2D eigenvalue weighted by Crippen LogP contribution is 2.29. The van der Waals surface area contributed by atoms with E-state index >= 15 is 0 Å². The zero-order valence-corrected chi connectivity index (χ0v) is 20.8. The molecule has 0 aliphatic rings. The monoisotopic (exact) mass is 533 g/mol. The largest absolute Gasteiger partial charge is 0.208 e. The number of aromatic nitrogens is 3. The van der Waals surface area contributed by atoms with Gasteiger partial charge >= 0.3 is 0 Å². The Balaban J connectivity index is 1.39. The van der Waals surface area contributed by atoms with Crippen molar-refractivity contribution in [1.82, 2.24) is 15.0 Å². The Morgan fingerprint density at radius 3 is 0.975 bits per heavy atom. The summed E-state index contributed by atoms with van der Waals surface area (Å²) in [5.74, 6) is -3.13. The second-order valence-electron chi connectivity index (χ2n) is 9.14. The van der Waals surface area contributed by atoms with Gasteiger partial charge in [-0.2, -0.15) is 0 Å². The molecular weight excluding hydrogens is 514 g/mol. The first-order valence-electron chi connectivity index (χ1n) is 12.4. The van der Waals surface area contributed by atoms with Crippen LogP contribution in [0.2, 0.25) is 0 Å². The van der Waals surface area contributed by atoms with Crippen LogP contribution in [0.4, 0.5) is 17.6 Å². The van der Waals surface area contributed by atoms with Gasteiger partial charge in [-0.15, -0.1) is 0 Å². The van der Waals surface area contributed by atoms with E-state index in [9.17, 15) is 17.6 Å². The Morgan fingerprint density at radius 2 is 0.600 bits per heavy atom. The molecule has 0 saturated carbocycles. The molecule has 1 heterocycles. The van der Waals surface area contributed by atoms with E-state index in [-0.39, 0.29) is 28.6 Å². The second-order valence-corrected chi connectivity index (χ2v) is 9.14. The van der Waals surface area contributed by atoms with Gasteiger partial charge in [-0.25, -0.2) is 32.5 Å². The van der Waals surface area contributed by atoms with Crippen LogP contribution in [0.15, 0.2) is 115 Å². The Bertz CT molecular complexity index is 1710. The van der Waals surface area contributed by atoms with Crippen molar-refractivity contribution in [3.05, 3.63) is 139 Å². The molecule has 3 nitrogen and oxygen atoms in total. The summed E-state index contributed by atoms with van der Waals surface area (Å²) < 4.78 is 55.9. The summed E-state index contributed by atoms with van der Waals surface area (Å²) in [6, 6.07) is 31.5. The molecule has 0 unspecified atom stereocenters. The van der Waals surface area contributed by atoms with E-state index in [1.54, 1.807) is 0 Å². The van der Waals surface area contributed by atoms with Crippen molar-refractivity contribution in [2.24, 2.45) is 0 Å². The molecule has 6 rings (SSSR count). The molecule has 1 aromatic heterocycles. The van der Waals surface area contributed by atoms with E-state index in [0.29, 0.717) is 5.56 Å². The lowest BCUT2D eigenvalue weighted by atomic mass is 9.99. The molecule has 6 aromatic rings. The third-order valence-electron chi connectivity index (χ3n) is 6.35. The summed E-state index contributed by atoms with van der Waals surface area (Å²) in [5.41, 5.74) is 4.91. The van der Waals surface area contributed by atoms with Crippen molar-refractivity contribution in [3.8, 4) is 56.4 Å². The lowest BCUT2D eigenvalue weighted by Crippen LogP contribution is -2.01. The van der Waals surface area contributed by atoms with Gasteiger partial charge in [0.15, 0.2) is 17.5 Å². The third kappa shape index (κ3) is 5.35. The van der Waals surface area contributed by atoms with Crippen LogP contribution in [0.1, 0.15) is 0 Å². The van der Waals surface area contributed by atoms with E-state index in [2.05, 4.69) is 39.2 Å². The molecule has 0 aliphatic heterocycles. The zero-order chi connectivity index (χ0) is 27.6. The fourth-order valence-electron chi connectivity index (χ4n) is 4.43. The minimum Gasteiger partial charge on any atom is -0.208 e. The van der Waals surface area contributed by atoms with Crippen molar-refractivity contribution in [3.63, 3.8) is 0 Å². The molecule has 0 atom stereocenters. The lowest BCUT2D eigenvalue weighted by Gasteiger charge is -2.10. The summed E-state index contributed by atoms with van der Waals surface area (Å²) in [7, 11) is 0. The number of halogens is 4. The average molecular weight is 534 g/mol. The number of hydrogen-bond acceptors (Lipinski definition) is 3. The highest BCUT2D eigenvalue weighted by atomic mass is 19.1. The molecule has 7 heteroatoms. The summed E-state index contributed by atoms with van der Waals surface area (Å²) in [6.07, 6.45) is 0. The highest BCUT2D eigenvalue weighted by Gasteiger charge is 2.15. The molecule has 40 heavy (non-hydrogen) atoms. The Labute approximate surface area is 227 Å². The molecule has 0 aliphatic carbocycles. The number of hydrogen-bond donors (Lipinski definition) is 0. The van der Waals surface area contributed by atoms with Crippen molar-refractivity contribution < 1.29 is 17.6 Å². The fraction of sp³-hybridized carbons (Fsp3) is 0. The smallest absolute Gasteiger partial charge is 0.164 e. The zero-order valence-electron chi connectivity index (χ0n) is 20.8. The topological polar surface area (TPSA) is 38.7 Å². The van der Waals surface area contributed by atoms with Crippen LogP contribution in [0.3, 0.4) is 0 Å². The summed E-state index contributed by atoms with van der Waals surface area (Å²) >= 11 is 0. The normalized spacial score (nSPS) is 11.0. The quantitative estimate of drug-likeness (QED) is 0.208. The highest BCUT2D eigenvalue weighted by molar-refractivity contribution is 5.73. The molecule has 0 spiro atoms. The fourth-order valence-corrected chi connectivity index (χ4v) is 4.43. The van der Waals surface area contributed by atoms with Gasteiger partial charge in [0.2, 0.25) is 0 Å². The first kappa shape index (κ1) is 25.1. The standard InChI is InChI=1S/C33H19F4N3/c34-27-14-25(15-28(35)18-27)32-38-31(39-33(40-32)26-16-29(36)19-30(37)17-26)24-12-10-23(11-13-24)22-8-6-21(7-9-22)20-4-2-1-3-5-20/h1-19H. The maximum Gasteiger partial charge on any atom is 0.164 e. The van der Waals surface area contributed by atoms with E-state index in [1.165, 1.54) is 0 Å². The first-order chi connectivity index (χ1) is 19.4. The maximum atomic E-state index is 14.0. The average Bonchev–Trinajstić information content (AvgIpc) is 2.97. The SMILES string of the molecule is Fc1cc(F)cc(-c2nc(-c3ccc(-c4ccc(-c5ccccc5)cc4)cc3)nc(-c3cc(F)cc(F)c3)n2)c1. The minimum atomic E-state index is -0.807. The molecule has 0 amide bonds. The Hall–Kier alpha value is -5.17. The molecule has 194 valence electrons. The van der Waals surface area contributed by atoms with Crippen LogP contribution in [-0.4, -0.2) is 15.0 Å². The van der Waals surface area contributed by atoms with Gasteiger partial charge in [0.25, 0.3) is 0 Å². The van der Waals surface area contributed by atoms with Gasteiger partial charge in [0, 0.05) is 28.8 Å². The minimum absolute atomic E-state index is 0.0383. The molecule has 0 fully saturated rings. The predicted molar refractivity (Wildman–Crippen MR) is 147 cm³/mol. The van der Waals surface area contributed by atoms with Crippen LogP contribution in [0.5, 0.6) is 0 Å². The van der Waals surface area contributed by atoms with Crippen LogP contribution < -0.4 is 0 Å². The van der Waals surface area contributed by atoms with E-state index in [1.807, 2.05) is 54.6 Å². The van der Waals surface area contributed by atoms with Gasteiger partial charge in [0.05, 0.1) is 0 Å². The summed E-state index contributed by atoms with van der Waals surface area (Å²) in [6.45, 7) is 0. The van der Waals surface area contributed by atoms with Crippen LogP contribution in [-0.2, 0) is 0 Å². The third-order valence-corrected chi connectivity index (χ3v) is 6.35. The van der Waals surface area contributed by atoms with Gasteiger partial charge in [0.1, 0.15) is 23.3 Å². The number of benzene rings is 5. The maximum absolute atomic E-state index is 14.0. The molecular formula is C33H19F4N3. The van der Waals surface area contributed by atoms with Crippen LogP contribution in [0, 0.1) is 23.3 Å². The number of rotatable bonds is 5. The Kier molecular flexibility index (Phi) is 6.62. The van der Waals surface area contributed by atoms with Crippen molar-refractivity contribution in [2.75, 3.05) is 0 Å². The molecule has 0 bridgehead atoms. The molecule has 0 radical (unpaired) electrons. The van der Waals surface area contributed by atoms with Gasteiger partial charge in [-0.1, -0.05) is 78.9 Å². The van der Waals surface area contributed by atoms with Gasteiger partial charge in [-0.05, 0) is 46.5 Å². The van der Waals surface area contributed by atoms with Gasteiger partial charge < -0.3 is 0 Å². The van der Waals surface area contributed by atoms with Crippen molar-refractivity contribution in [2.45, 2.75) is 0 Å². The van der Waals surface area contributed by atoms with Crippen molar-refractivity contribution >= 4 is 0 Å². The molecule has 0 saturated heterocycles. The van der Waals surface area contributed by atoms with Crippen molar-refractivity contribution in [1.29, 1.82) is 0 Å². The Morgan fingerprint density at radius 1 is 0.300 bits per heavy atom. The number of nitrogens with zero attached hydrogens (tertiary/aromatic N) is 3. The summed E-state index contributed by atoms with van der Waals surface area (Å²) in [5, 5.41) is 0. The van der Waals surface area contributed by atoms with E-state index in [4.69, 9.17) is 0 Å². The van der Waals surface area contributed by atoms with Gasteiger partial charge in [-0.3, -0.25) is 0 Å².